The van der Waals surface area contributed by atoms with Gasteiger partial charge in [-0.1, -0.05) is 13.3 Å². The molecule has 0 saturated heterocycles. The molecule has 2 aliphatic rings. The molecule has 3 unspecified atom stereocenters. The van der Waals surface area contributed by atoms with E-state index in [1.165, 1.54) is 38.5 Å². The number of nitrogens with zero attached hydrogens (tertiary/aromatic N) is 1. The zero-order valence-electron chi connectivity index (χ0n) is 12.1. The number of hydrogen-bond donors (Lipinski definition) is 1. The van der Waals surface area contributed by atoms with Crippen molar-refractivity contribution in [2.75, 3.05) is 26.8 Å². The summed E-state index contributed by atoms with van der Waals surface area (Å²) in [5, 5.41) is 0. The second-order valence-corrected chi connectivity index (χ2v) is 6.32. The topological polar surface area (TPSA) is 38.5 Å². The Labute approximate surface area is 112 Å². The molecule has 106 valence electrons. The van der Waals surface area contributed by atoms with Gasteiger partial charge in [-0.15, -0.1) is 0 Å². The van der Waals surface area contributed by atoms with Gasteiger partial charge in [0.2, 0.25) is 0 Å². The van der Waals surface area contributed by atoms with E-state index in [0.717, 1.165) is 31.6 Å². The van der Waals surface area contributed by atoms with Crippen molar-refractivity contribution in [3.05, 3.63) is 0 Å². The van der Waals surface area contributed by atoms with Crippen molar-refractivity contribution in [2.24, 2.45) is 17.6 Å². The molecule has 3 atom stereocenters. The molecule has 3 nitrogen and oxygen atoms in total. The SMILES string of the molecule is CCC1CCC(N)C(N(C)CCOCC2CC2)C1. The lowest BCUT2D eigenvalue weighted by Gasteiger charge is -2.39. The fourth-order valence-electron chi connectivity index (χ4n) is 3.04. The Bertz CT molecular complexity index is 243. The summed E-state index contributed by atoms with van der Waals surface area (Å²) in [7, 11) is 2.21. The molecule has 0 spiro atoms. The van der Waals surface area contributed by atoms with Gasteiger partial charge in [-0.05, 0) is 51.0 Å². The van der Waals surface area contributed by atoms with E-state index >= 15 is 0 Å². The molecule has 2 fully saturated rings. The van der Waals surface area contributed by atoms with E-state index in [9.17, 15) is 0 Å². The van der Waals surface area contributed by atoms with Crippen LogP contribution in [0.4, 0.5) is 0 Å². The van der Waals surface area contributed by atoms with Gasteiger partial charge in [0.25, 0.3) is 0 Å². The van der Waals surface area contributed by atoms with Crippen LogP contribution in [0.25, 0.3) is 0 Å². The van der Waals surface area contributed by atoms with E-state index in [1.54, 1.807) is 0 Å². The lowest BCUT2D eigenvalue weighted by molar-refractivity contribution is 0.0704. The van der Waals surface area contributed by atoms with Crippen molar-refractivity contribution in [1.29, 1.82) is 0 Å². The van der Waals surface area contributed by atoms with Gasteiger partial charge in [0.1, 0.15) is 0 Å². The molecular formula is C15H30N2O. The summed E-state index contributed by atoms with van der Waals surface area (Å²) in [6.45, 7) is 5.17. The van der Waals surface area contributed by atoms with Gasteiger partial charge in [0.05, 0.1) is 6.61 Å². The smallest absolute Gasteiger partial charge is 0.0593 e. The molecule has 0 radical (unpaired) electrons. The third kappa shape index (κ3) is 4.22. The van der Waals surface area contributed by atoms with E-state index < -0.39 is 0 Å². The molecule has 18 heavy (non-hydrogen) atoms. The monoisotopic (exact) mass is 254 g/mol. The van der Waals surface area contributed by atoms with Crippen LogP contribution in [0.3, 0.4) is 0 Å². The first-order valence-electron chi connectivity index (χ1n) is 7.74. The maximum atomic E-state index is 6.28. The Morgan fingerprint density at radius 1 is 1.17 bits per heavy atom. The Morgan fingerprint density at radius 2 is 1.89 bits per heavy atom. The maximum absolute atomic E-state index is 6.28. The molecular weight excluding hydrogens is 224 g/mol. The van der Waals surface area contributed by atoms with Crippen LogP contribution in [0.1, 0.15) is 45.4 Å². The van der Waals surface area contributed by atoms with Gasteiger partial charge in [-0.3, -0.25) is 4.90 Å². The zero-order chi connectivity index (χ0) is 13.0. The predicted molar refractivity (Wildman–Crippen MR) is 75.6 cm³/mol. The molecule has 2 saturated carbocycles. The largest absolute Gasteiger partial charge is 0.380 e. The van der Waals surface area contributed by atoms with Crippen LogP contribution in [-0.2, 0) is 4.74 Å². The second kappa shape index (κ2) is 6.88. The molecule has 0 aliphatic heterocycles. The molecule has 0 aromatic carbocycles. The normalized spacial score (nSPS) is 33.0. The van der Waals surface area contributed by atoms with Gasteiger partial charge in [0, 0.05) is 25.2 Å². The van der Waals surface area contributed by atoms with Gasteiger partial charge >= 0.3 is 0 Å². The Hall–Kier alpha value is -0.120. The molecule has 0 amide bonds. The summed E-state index contributed by atoms with van der Waals surface area (Å²) >= 11 is 0. The first-order chi connectivity index (χ1) is 8.70. The van der Waals surface area contributed by atoms with Gasteiger partial charge < -0.3 is 10.5 Å². The summed E-state index contributed by atoms with van der Waals surface area (Å²) in [6.07, 6.45) is 7.84. The molecule has 0 bridgehead atoms. The highest BCUT2D eigenvalue weighted by Gasteiger charge is 2.30. The molecule has 0 aromatic rings. The number of hydrogen-bond acceptors (Lipinski definition) is 3. The number of ether oxygens (including phenoxy) is 1. The molecule has 2 N–H and O–H groups in total. The fourth-order valence-corrected chi connectivity index (χ4v) is 3.04. The highest BCUT2D eigenvalue weighted by atomic mass is 16.5. The fraction of sp³-hybridized carbons (Fsp3) is 1.00. The van der Waals surface area contributed by atoms with Crippen molar-refractivity contribution >= 4 is 0 Å². The minimum absolute atomic E-state index is 0.362. The molecule has 0 heterocycles. The van der Waals surface area contributed by atoms with Gasteiger partial charge in [0.15, 0.2) is 0 Å². The van der Waals surface area contributed by atoms with Crippen LogP contribution in [0, 0.1) is 11.8 Å². The van der Waals surface area contributed by atoms with Crippen LogP contribution in [0.2, 0.25) is 0 Å². The average molecular weight is 254 g/mol. The molecule has 2 rings (SSSR count). The third-order valence-electron chi connectivity index (χ3n) is 4.76. The minimum atomic E-state index is 0.362. The lowest BCUT2D eigenvalue weighted by Crippen LogP contribution is -2.50. The summed E-state index contributed by atoms with van der Waals surface area (Å²) in [5.74, 6) is 1.75. The standard InChI is InChI=1S/C15H30N2O/c1-3-12-6-7-14(16)15(10-12)17(2)8-9-18-11-13-4-5-13/h12-15H,3-11,16H2,1-2H3. The van der Waals surface area contributed by atoms with Crippen LogP contribution >= 0.6 is 0 Å². The predicted octanol–water partition coefficient (Wildman–Crippen LogP) is 2.25. The first-order valence-corrected chi connectivity index (χ1v) is 7.74. The highest BCUT2D eigenvalue weighted by molar-refractivity contribution is 4.88. The van der Waals surface area contributed by atoms with Gasteiger partial charge in [-0.25, -0.2) is 0 Å². The van der Waals surface area contributed by atoms with Gasteiger partial charge in [-0.2, -0.15) is 0 Å². The van der Waals surface area contributed by atoms with Crippen LogP contribution in [0.5, 0.6) is 0 Å². The van der Waals surface area contributed by atoms with Crippen LogP contribution < -0.4 is 5.73 Å². The van der Waals surface area contributed by atoms with Crippen molar-refractivity contribution in [3.63, 3.8) is 0 Å². The Kier molecular flexibility index (Phi) is 5.46. The third-order valence-corrected chi connectivity index (χ3v) is 4.76. The second-order valence-electron chi connectivity index (χ2n) is 6.32. The molecule has 3 heteroatoms. The maximum Gasteiger partial charge on any atom is 0.0593 e. The lowest BCUT2D eigenvalue weighted by atomic mass is 9.81. The molecule has 0 aromatic heterocycles. The zero-order valence-corrected chi connectivity index (χ0v) is 12.1. The van der Waals surface area contributed by atoms with E-state index in [0.29, 0.717) is 12.1 Å². The van der Waals surface area contributed by atoms with Crippen molar-refractivity contribution < 1.29 is 4.74 Å². The first kappa shape index (κ1) is 14.3. The number of nitrogens with two attached hydrogens (primary N) is 1. The Balaban J connectivity index is 1.66. The summed E-state index contributed by atoms with van der Waals surface area (Å²) in [5.41, 5.74) is 6.28. The number of rotatable bonds is 7. The number of likely N-dealkylation sites (N-methyl/N-ethyl adjacent to an activating group) is 1. The van der Waals surface area contributed by atoms with Crippen molar-refractivity contribution in [1.82, 2.24) is 4.90 Å². The van der Waals surface area contributed by atoms with E-state index in [-0.39, 0.29) is 0 Å². The summed E-state index contributed by atoms with van der Waals surface area (Å²) in [4.78, 5) is 2.43. The average Bonchev–Trinajstić information content (AvgIpc) is 3.19. The Morgan fingerprint density at radius 3 is 2.56 bits per heavy atom. The highest BCUT2D eigenvalue weighted by Crippen LogP contribution is 2.29. The van der Waals surface area contributed by atoms with E-state index in [4.69, 9.17) is 10.5 Å². The molecule has 2 aliphatic carbocycles. The minimum Gasteiger partial charge on any atom is -0.380 e. The summed E-state index contributed by atoms with van der Waals surface area (Å²) < 4.78 is 5.72. The van der Waals surface area contributed by atoms with Crippen molar-refractivity contribution in [2.45, 2.75) is 57.5 Å². The summed E-state index contributed by atoms with van der Waals surface area (Å²) in [6, 6.07) is 0.925. The van der Waals surface area contributed by atoms with E-state index in [2.05, 4.69) is 18.9 Å². The van der Waals surface area contributed by atoms with Crippen molar-refractivity contribution in [3.8, 4) is 0 Å². The van der Waals surface area contributed by atoms with Crippen LogP contribution in [0.15, 0.2) is 0 Å². The quantitative estimate of drug-likeness (QED) is 0.708. The van der Waals surface area contributed by atoms with E-state index in [1.807, 2.05) is 0 Å². The van der Waals surface area contributed by atoms with Crippen LogP contribution in [-0.4, -0.2) is 43.8 Å².